The average molecular weight is 1820 g/mol. The van der Waals surface area contributed by atoms with Crippen LogP contribution in [0.2, 0.25) is 0 Å². The molecule has 0 aliphatic rings. The van der Waals surface area contributed by atoms with Gasteiger partial charge in [-0.15, -0.1) is 0 Å². The summed E-state index contributed by atoms with van der Waals surface area (Å²) in [5.74, 6) is 0. The monoisotopic (exact) mass is 1820 g/mol. The summed E-state index contributed by atoms with van der Waals surface area (Å²) in [6, 6.07) is 100. The fourth-order valence-corrected chi connectivity index (χ4v) is 20.2. The summed E-state index contributed by atoms with van der Waals surface area (Å²) < 4.78 is 280. The Morgan fingerprint density at radius 1 is 0.128 bits per heavy atom. The van der Waals surface area contributed by atoms with E-state index < -0.39 is 132 Å². The van der Waals surface area contributed by atoms with Crippen LogP contribution >= 0.6 is 0 Å². The van der Waals surface area contributed by atoms with Crippen LogP contribution in [0.15, 0.2) is 546 Å². The molecule has 3 heteroatoms. The molecular formula is C138H88O3. The molecule has 658 valence electrons. The summed E-state index contributed by atoms with van der Waals surface area (Å²) in [6.07, 6.45) is 0. The van der Waals surface area contributed by atoms with Gasteiger partial charge in [0.15, 0.2) is 0 Å². The molecule has 28 rings (SSSR count). The first kappa shape index (κ1) is 58.0. The first-order valence-electron chi connectivity index (χ1n) is 60.5. The van der Waals surface area contributed by atoms with Crippen LogP contribution in [0.5, 0.6) is 0 Å². The fraction of sp³-hybridized carbons (Fsp3) is 0. The largest absolute Gasteiger partial charge is 0.455 e. The van der Waals surface area contributed by atoms with Crippen molar-refractivity contribution in [2.24, 2.45) is 0 Å². The van der Waals surface area contributed by atoms with Crippen molar-refractivity contribution in [1.29, 1.82) is 0 Å². The zero-order chi connectivity index (χ0) is 118. The maximum Gasteiger partial charge on any atom is 0.143 e. The van der Waals surface area contributed by atoms with E-state index in [1.165, 1.54) is 0 Å². The van der Waals surface area contributed by atoms with E-state index in [0.29, 0.717) is 89.0 Å². The van der Waals surface area contributed by atoms with Crippen LogP contribution in [0.1, 0.15) is 39.8 Å². The van der Waals surface area contributed by atoms with E-state index in [4.69, 9.17) is 36.6 Å². The third kappa shape index (κ3) is 14.8. The Labute approximate surface area is 857 Å². The minimum Gasteiger partial charge on any atom is -0.455 e. The Morgan fingerprint density at radius 2 is 0.383 bits per heavy atom. The number of hydrogen-bond donors (Lipinski definition) is 0. The molecule has 0 saturated carbocycles. The van der Waals surface area contributed by atoms with Crippen molar-refractivity contribution < 1.29 is 53.0 Å². The molecule has 28 aromatic rings. The second-order valence-electron chi connectivity index (χ2n) is 34.3. The van der Waals surface area contributed by atoms with Crippen LogP contribution in [0, 0.1) is 0 Å². The highest BCUT2D eigenvalue weighted by molar-refractivity contribution is 6.27. The maximum atomic E-state index is 9.41. The van der Waals surface area contributed by atoms with Crippen molar-refractivity contribution in [3.63, 3.8) is 0 Å². The molecule has 3 nitrogen and oxygen atoms in total. The molecule has 0 atom stereocenters. The Morgan fingerprint density at radius 3 is 0.787 bits per heavy atom. The van der Waals surface area contributed by atoms with E-state index in [-0.39, 0.29) is 124 Å². The molecule has 0 N–H and O–H groups in total. The Kier molecular flexibility index (Phi) is 14.7. The normalized spacial score (nSPS) is 14.4. The molecular weight excluding hydrogens is 1710 g/mol. The van der Waals surface area contributed by atoms with Gasteiger partial charge in [0, 0.05) is 49.0 Å². The molecule has 0 unspecified atom stereocenters. The minimum atomic E-state index is -0.722. The molecule has 0 amide bonds. The molecule has 0 radical (unpaired) electrons. The van der Waals surface area contributed by atoms with Crippen molar-refractivity contribution in [3.05, 3.63) is 533 Å². The Bertz CT molecular complexity index is 11300. The standard InChI is InChI=1S/C50H32O.2C44H28O/c1-4-14-33(15-5-1)34-24-26-36(27-25-34)39-29-30-40(35-16-6-2-7-17-35)50-49(39)45-32-38(28-31-46(45)51-50)48-43-22-12-10-20-41(43)47(37-18-8-3-9-19-37)42-21-11-13-23-44(42)48;1-4-14-29(15-5-1)33-25-26-38-39-28-32(24-27-40(39)45-44(38)43(33)31-18-8-3-9-19-31)42-36-22-12-10-20-34(36)41(30-16-6-2-7-17-30)35-21-11-13-23-37(35)42;1-4-14-29(15-5-1)33-27-38(30-16-6-2-7-17-30)44-40(28-33)39-26-32(24-25-41(39)45-44)43-36-22-12-10-20-34(36)42(31-18-8-3-9-19-31)35-21-11-13-23-37(35)43/h1-32H;2*1-28H/i3D,8D,9D,10D,11D,12D,13D,18D,19D,20D,21D,22D,23D;2*10D,11D,12D,13D,20D,21D,22D,23D. The minimum absolute atomic E-state index is 0.0457. The van der Waals surface area contributed by atoms with Gasteiger partial charge in [0.05, 0.1) is 39.8 Å². The van der Waals surface area contributed by atoms with E-state index in [1.54, 1.807) is 78.9 Å². The van der Waals surface area contributed by atoms with Crippen LogP contribution in [-0.4, -0.2) is 0 Å². The van der Waals surface area contributed by atoms with Crippen LogP contribution in [0.25, 0.3) is 275 Å². The highest BCUT2D eigenvalue weighted by atomic mass is 16.3. The zero-order valence-electron chi connectivity index (χ0n) is 104. The third-order valence-electron chi connectivity index (χ3n) is 26.4. The second-order valence-corrected chi connectivity index (χ2v) is 34.3. The lowest BCUT2D eigenvalue weighted by Crippen LogP contribution is -1.90. The average Bonchev–Trinajstić information content (AvgIpc) is 0.953. The van der Waals surface area contributed by atoms with Gasteiger partial charge < -0.3 is 13.3 Å². The first-order chi connectivity index (χ1) is 82.0. The third-order valence-corrected chi connectivity index (χ3v) is 26.4. The van der Waals surface area contributed by atoms with Gasteiger partial charge in [-0.25, -0.2) is 0 Å². The summed E-state index contributed by atoms with van der Waals surface area (Å²) in [5.41, 5.74) is 20.0. The number of hydrogen-bond acceptors (Lipinski definition) is 3. The van der Waals surface area contributed by atoms with Crippen molar-refractivity contribution in [3.8, 4) is 145 Å². The Balaban J connectivity index is 0.000000125. The molecule has 0 bridgehead atoms. The molecule has 3 aromatic heterocycles. The van der Waals surface area contributed by atoms with Crippen molar-refractivity contribution >= 4 is 130 Å². The van der Waals surface area contributed by atoms with E-state index in [2.05, 4.69) is 42.5 Å². The van der Waals surface area contributed by atoms with Gasteiger partial charge >= 0.3 is 0 Å². The summed E-state index contributed by atoms with van der Waals surface area (Å²) in [4.78, 5) is 0. The lowest BCUT2D eigenvalue weighted by atomic mass is 9.85. The molecule has 25 aromatic carbocycles. The van der Waals surface area contributed by atoms with Crippen molar-refractivity contribution in [1.82, 2.24) is 0 Å². The summed E-state index contributed by atoms with van der Waals surface area (Å²) >= 11 is 0. The lowest BCUT2D eigenvalue weighted by Gasteiger charge is -2.17. The van der Waals surface area contributed by atoms with Crippen LogP contribution in [-0.2, 0) is 0 Å². The summed E-state index contributed by atoms with van der Waals surface area (Å²) in [6.45, 7) is 0. The molecule has 3 heterocycles. The number of benzene rings is 25. The van der Waals surface area contributed by atoms with E-state index >= 15 is 0 Å². The van der Waals surface area contributed by atoms with Crippen LogP contribution < -0.4 is 0 Å². The highest BCUT2D eigenvalue weighted by Crippen LogP contribution is 2.53. The topological polar surface area (TPSA) is 39.4 Å². The molecule has 0 aliphatic heterocycles. The highest BCUT2D eigenvalue weighted by Gasteiger charge is 2.27. The number of fused-ring (bicyclic) bond motifs is 15. The van der Waals surface area contributed by atoms with E-state index in [9.17, 15) is 16.4 Å². The number of furan rings is 3. The van der Waals surface area contributed by atoms with Gasteiger partial charge in [0.1, 0.15) is 33.5 Å². The van der Waals surface area contributed by atoms with Crippen LogP contribution in [0.3, 0.4) is 0 Å². The van der Waals surface area contributed by atoms with E-state index in [1.807, 2.05) is 237 Å². The predicted octanol–water partition coefficient (Wildman–Crippen LogP) is 39.3. The maximum absolute atomic E-state index is 9.41. The zero-order valence-corrected chi connectivity index (χ0v) is 74.8. The Hall–Kier alpha value is -18.5. The summed E-state index contributed by atoms with van der Waals surface area (Å²) in [5, 5.41) is 5.13. The van der Waals surface area contributed by atoms with Gasteiger partial charge in [-0.05, 0) is 253 Å². The molecule has 0 fully saturated rings. The predicted molar refractivity (Wildman–Crippen MR) is 597 cm³/mol. The van der Waals surface area contributed by atoms with Gasteiger partial charge in [-0.3, -0.25) is 0 Å². The smallest absolute Gasteiger partial charge is 0.143 e. The van der Waals surface area contributed by atoms with Gasteiger partial charge in [-0.2, -0.15) is 0 Å². The van der Waals surface area contributed by atoms with Gasteiger partial charge in [0.2, 0.25) is 0 Å². The molecule has 0 saturated heterocycles. The fourth-order valence-electron chi connectivity index (χ4n) is 20.2. The molecule has 0 aliphatic carbocycles. The second kappa shape index (κ2) is 35.6. The number of rotatable bonds is 13. The van der Waals surface area contributed by atoms with Gasteiger partial charge in [0.25, 0.3) is 0 Å². The van der Waals surface area contributed by atoms with Crippen LogP contribution in [0.4, 0.5) is 0 Å². The van der Waals surface area contributed by atoms with E-state index in [0.717, 1.165) is 105 Å². The van der Waals surface area contributed by atoms with Crippen molar-refractivity contribution in [2.45, 2.75) is 0 Å². The molecule has 0 spiro atoms. The summed E-state index contributed by atoms with van der Waals surface area (Å²) in [7, 11) is 0. The van der Waals surface area contributed by atoms with Gasteiger partial charge in [-0.1, -0.05) is 472 Å². The SMILES string of the molecule is [2H]c1c([2H])c([2H])c(-c2c3c([2H])c([2H])c([2H])c([2H])c3c(-c3ccc4oc5c(-c6ccccc6)ccc(-c6ccc(-c7ccccc7)cc6)c5c4c3)c3c([2H])c([2H])c([2H])c([2H])c23)c([2H])c1[2H].[2H]c1c([2H])c([2H])c2c(-c3ccc4oc5c(-c6ccccc6)c(-c6ccccc6)ccc5c4c3)c3c([2H])c([2H])c([2H])c([2H])c3c(-c3ccccc3)c2c1[2H].[2H]c1c([2H])c([2H])c2c(-c3ccc4oc5c(-c6ccccc6)cc(-c6ccccc6)cc5c4c3)c3c([2H])c([2H])c([2H])c([2H])c3c(-c3ccccc3)c2c1[2H]. The molecule has 141 heavy (non-hydrogen) atoms. The van der Waals surface area contributed by atoms with Crippen molar-refractivity contribution in [2.75, 3.05) is 0 Å². The quantitative estimate of drug-likeness (QED) is 0.108. The first-order valence-corrected chi connectivity index (χ1v) is 46.0. The lowest BCUT2D eigenvalue weighted by molar-refractivity contribution is 0.669.